The molecule has 5 rings (SSSR count). The van der Waals surface area contributed by atoms with Crippen LogP contribution in [0.15, 0.2) is 42.9 Å². The van der Waals surface area contributed by atoms with Crippen LogP contribution in [0.1, 0.15) is 41.9 Å². The number of hydrogen-bond acceptors (Lipinski definition) is 9. The molecule has 1 saturated carbocycles. The maximum Gasteiger partial charge on any atom is 0.273 e. The molecular weight excluding hydrogens is 432 g/mol. The van der Waals surface area contributed by atoms with Gasteiger partial charge in [-0.05, 0) is 38.0 Å². The number of amides is 1. The number of anilines is 3. The molecule has 0 saturated heterocycles. The zero-order valence-corrected chi connectivity index (χ0v) is 18.8. The lowest BCUT2D eigenvalue weighted by molar-refractivity contribution is 0.0995. The molecule has 0 aliphatic heterocycles. The van der Waals surface area contributed by atoms with Gasteiger partial charge in [0.2, 0.25) is 5.95 Å². The summed E-state index contributed by atoms with van der Waals surface area (Å²) in [5.74, 6) is 0.551. The van der Waals surface area contributed by atoms with Crippen LogP contribution >= 0.6 is 0 Å². The van der Waals surface area contributed by atoms with E-state index in [-0.39, 0.29) is 23.6 Å². The number of nitrogens with two attached hydrogens (primary N) is 2. The van der Waals surface area contributed by atoms with Crippen LogP contribution in [0, 0.1) is 6.92 Å². The molecule has 4 aromatic rings. The molecule has 0 unspecified atom stereocenters. The average molecular weight is 459 g/mol. The lowest BCUT2D eigenvalue weighted by Crippen LogP contribution is -2.43. The molecule has 1 aromatic carbocycles. The minimum absolute atomic E-state index is 0.0163. The quantitative estimate of drug-likeness (QED) is 0.340. The molecule has 0 bridgehead atoms. The molecule has 6 N–H and O–H groups in total. The summed E-state index contributed by atoms with van der Waals surface area (Å²) in [6.45, 7) is 1.91. The van der Waals surface area contributed by atoms with E-state index in [1.807, 2.05) is 42.0 Å². The second kappa shape index (κ2) is 9.02. The fourth-order valence-corrected chi connectivity index (χ4v) is 4.37. The van der Waals surface area contributed by atoms with Gasteiger partial charge in [0.25, 0.3) is 5.91 Å². The molecular formula is C23H26N10O. The van der Waals surface area contributed by atoms with Crippen molar-refractivity contribution in [3.63, 3.8) is 0 Å². The first-order chi connectivity index (χ1) is 16.5. The second-order valence-electron chi connectivity index (χ2n) is 8.41. The molecule has 1 aliphatic carbocycles. The molecule has 1 fully saturated rings. The first-order valence-corrected chi connectivity index (χ1v) is 11.2. The standard InChI is InChI=1S/C23H26N10O/c1-13-22(27-11-10-26-13)33-12-9-14-16(7-4-8-18(14)33)28-21-19(20(25)34)31-32-23(30-21)29-17-6-3-2-5-15(17)24/h4,7-12,15,17H,2-3,5-6,24H2,1H3,(H2,25,34)(H2,28,29,30,32)/t15-,17+/m0/s1. The van der Waals surface area contributed by atoms with E-state index >= 15 is 0 Å². The van der Waals surface area contributed by atoms with Crippen molar-refractivity contribution in [1.82, 2.24) is 29.7 Å². The first-order valence-electron chi connectivity index (χ1n) is 11.2. The largest absolute Gasteiger partial charge is 0.364 e. The van der Waals surface area contributed by atoms with Gasteiger partial charge in [0.1, 0.15) is 0 Å². The minimum atomic E-state index is -0.719. The Morgan fingerprint density at radius 3 is 2.74 bits per heavy atom. The van der Waals surface area contributed by atoms with Crippen LogP contribution < -0.4 is 22.1 Å². The van der Waals surface area contributed by atoms with Crippen molar-refractivity contribution in [3.8, 4) is 5.82 Å². The van der Waals surface area contributed by atoms with Crippen molar-refractivity contribution < 1.29 is 4.79 Å². The normalized spacial score (nSPS) is 18.1. The Morgan fingerprint density at radius 2 is 1.94 bits per heavy atom. The smallest absolute Gasteiger partial charge is 0.273 e. The molecule has 2 atom stereocenters. The minimum Gasteiger partial charge on any atom is -0.364 e. The van der Waals surface area contributed by atoms with E-state index in [1.165, 1.54) is 0 Å². The maximum atomic E-state index is 12.0. The van der Waals surface area contributed by atoms with Crippen molar-refractivity contribution >= 4 is 34.3 Å². The van der Waals surface area contributed by atoms with E-state index in [1.54, 1.807) is 12.4 Å². The number of fused-ring (bicyclic) bond motifs is 1. The highest BCUT2D eigenvalue weighted by molar-refractivity contribution is 5.99. The third-order valence-electron chi connectivity index (χ3n) is 6.12. The number of aryl methyl sites for hydroxylation is 1. The Balaban J connectivity index is 1.50. The molecule has 1 amide bonds. The number of hydrogen-bond donors (Lipinski definition) is 4. The molecule has 0 spiro atoms. The number of nitrogens with zero attached hydrogens (tertiary/aromatic N) is 6. The van der Waals surface area contributed by atoms with Gasteiger partial charge in [0.05, 0.1) is 11.2 Å². The number of benzene rings is 1. The lowest BCUT2D eigenvalue weighted by Gasteiger charge is -2.29. The number of primary amides is 1. The van der Waals surface area contributed by atoms with Gasteiger partial charge < -0.3 is 22.1 Å². The topological polar surface area (TPSA) is 163 Å². The van der Waals surface area contributed by atoms with Crippen LogP contribution in [0.4, 0.5) is 17.5 Å². The van der Waals surface area contributed by atoms with Crippen LogP contribution in [0.3, 0.4) is 0 Å². The van der Waals surface area contributed by atoms with Crippen molar-refractivity contribution in [2.45, 2.75) is 44.7 Å². The zero-order valence-electron chi connectivity index (χ0n) is 18.8. The highest BCUT2D eigenvalue weighted by atomic mass is 16.1. The SMILES string of the molecule is Cc1nccnc1-n1ccc2c(Nc3nc(N[C@@H]4CCCC[C@@H]4N)nnc3C(N)=O)cccc21. The Hall–Kier alpha value is -4.12. The summed E-state index contributed by atoms with van der Waals surface area (Å²) in [6, 6.07) is 7.82. The summed E-state index contributed by atoms with van der Waals surface area (Å²) >= 11 is 0. The Kier molecular flexibility index (Phi) is 5.76. The molecule has 174 valence electrons. The lowest BCUT2D eigenvalue weighted by atomic mass is 9.91. The molecule has 11 nitrogen and oxygen atoms in total. The van der Waals surface area contributed by atoms with Gasteiger partial charge in [-0.1, -0.05) is 18.9 Å². The van der Waals surface area contributed by atoms with Crippen molar-refractivity contribution in [2.75, 3.05) is 10.6 Å². The molecule has 3 aromatic heterocycles. The van der Waals surface area contributed by atoms with Gasteiger partial charge in [0.15, 0.2) is 17.3 Å². The predicted octanol–water partition coefficient (Wildman–Crippen LogP) is 2.44. The van der Waals surface area contributed by atoms with Gasteiger partial charge in [-0.3, -0.25) is 14.3 Å². The van der Waals surface area contributed by atoms with Gasteiger partial charge >= 0.3 is 0 Å². The van der Waals surface area contributed by atoms with E-state index in [9.17, 15) is 4.79 Å². The number of aromatic nitrogens is 6. The summed E-state index contributed by atoms with van der Waals surface area (Å²) in [6.07, 6.45) is 9.33. The molecule has 34 heavy (non-hydrogen) atoms. The molecule has 1 aliphatic rings. The maximum absolute atomic E-state index is 12.0. The summed E-state index contributed by atoms with van der Waals surface area (Å²) in [5.41, 5.74) is 14.2. The third kappa shape index (κ3) is 4.13. The molecule has 0 radical (unpaired) electrons. The fourth-order valence-electron chi connectivity index (χ4n) is 4.37. The average Bonchev–Trinajstić information content (AvgIpc) is 3.26. The summed E-state index contributed by atoms with van der Waals surface area (Å²) in [5, 5.41) is 15.5. The van der Waals surface area contributed by atoms with Crippen molar-refractivity contribution in [1.29, 1.82) is 0 Å². The van der Waals surface area contributed by atoms with Gasteiger partial charge in [-0.15, -0.1) is 10.2 Å². The number of carbonyl (C=O) groups is 1. The van der Waals surface area contributed by atoms with Gasteiger partial charge in [-0.25, -0.2) is 4.98 Å². The number of nitrogens with one attached hydrogen (secondary N) is 2. The Labute approximate surface area is 196 Å². The summed E-state index contributed by atoms with van der Waals surface area (Å²) in [7, 11) is 0. The van der Waals surface area contributed by atoms with Gasteiger partial charge in [-0.2, -0.15) is 4.98 Å². The van der Waals surface area contributed by atoms with Crippen LogP contribution in [0.25, 0.3) is 16.7 Å². The predicted molar refractivity (Wildman–Crippen MR) is 129 cm³/mol. The van der Waals surface area contributed by atoms with E-state index < -0.39 is 5.91 Å². The van der Waals surface area contributed by atoms with E-state index in [4.69, 9.17) is 11.5 Å². The van der Waals surface area contributed by atoms with E-state index in [0.717, 1.165) is 53.8 Å². The zero-order chi connectivity index (χ0) is 23.7. The number of rotatable bonds is 6. The van der Waals surface area contributed by atoms with E-state index in [0.29, 0.717) is 5.95 Å². The van der Waals surface area contributed by atoms with Crippen LogP contribution in [-0.4, -0.2) is 47.7 Å². The summed E-state index contributed by atoms with van der Waals surface area (Å²) < 4.78 is 1.97. The first kappa shape index (κ1) is 21.7. The van der Waals surface area contributed by atoms with Gasteiger partial charge in [0, 0.05) is 41.7 Å². The second-order valence-corrected chi connectivity index (χ2v) is 8.41. The molecule has 11 heteroatoms. The third-order valence-corrected chi connectivity index (χ3v) is 6.12. The molecule has 3 heterocycles. The highest BCUT2D eigenvalue weighted by Gasteiger charge is 2.24. The Morgan fingerprint density at radius 1 is 1.12 bits per heavy atom. The highest BCUT2D eigenvalue weighted by Crippen LogP contribution is 2.30. The van der Waals surface area contributed by atoms with Crippen molar-refractivity contribution in [2.24, 2.45) is 11.5 Å². The summed E-state index contributed by atoms with van der Waals surface area (Å²) in [4.78, 5) is 25.4. The van der Waals surface area contributed by atoms with Crippen LogP contribution in [-0.2, 0) is 0 Å². The fraction of sp³-hybridized carbons (Fsp3) is 0.304. The monoisotopic (exact) mass is 458 g/mol. The van der Waals surface area contributed by atoms with Crippen molar-refractivity contribution in [3.05, 3.63) is 54.2 Å². The van der Waals surface area contributed by atoms with Crippen LogP contribution in [0.2, 0.25) is 0 Å². The Bertz CT molecular complexity index is 1350. The van der Waals surface area contributed by atoms with E-state index in [2.05, 4.69) is 35.8 Å². The van der Waals surface area contributed by atoms with Crippen LogP contribution in [0.5, 0.6) is 0 Å². The number of carbonyl (C=O) groups excluding carboxylic acids is 1.